The van der Waals surface area contributed by atoms with Gasteiger partial charge in [0.15, 0.2) is 0 Å². The SMILES string of the molecule is O=C(C1CC(=O)N(C2CCCC2)C1)N1CCOC(CO)C1. The normalized spacial score (nSPS) is 31.2. The summed E-state index contributed by atoms with van der Waals surface area (Å²) in [5.41, 5.74) is 0. The van der Waals surface area contributed by atoms with Crippen LogP contribution in [0.2, 0.25) is 0 Å². The molecule has 6 heteroatoms. The lowest BCUT2D eigenvalue weighted by Crippen LogP contribution is -2.49. The molecule has 3 aliphatic rings. The maximum atomic E-state index is 12.6. The van der Waals surface area contributed by atoms with Crippen LogP contribution >= 0.6 is 0 Å². The molecule has 0 bridgehead atoms. The molecule has 0 aromatic rings. The minimum Gasteiger partial charge on any atom is -0.394 e. The minimum atomic E-state index is -0.286. The Balaban J connectivity index is 1.59. The van der Waals surface area contributed by atoms with Crippen molar-refractivity contribution in [1.82, 2.24) is 9.80 Å². The van der Waals surface area contributed by atoms with Crippen molar-refractivity contribution in [3.8, 4) is 0 Å². The van der Waals surface area contributed by atoms with E-state index in [0.29, 0.717) is 38.7 Å². The van der Waals surface area contributed by atoms with E-state index in [2.05, 4.69) is 0 Å². The Bertz CT molecular complexity index is 408. The first-order valence-corrected chi connectivity index (χ1v) is 7.99. The lowest BCUT2D eigenvalue weighted by Gasteiger charge is -2.33. The van der Waals surface area contributed by atoms with E-state index in [1.807, 2.05) is 4.90 Å². The van der Waals surface area contributed by atoms with Gasteiger partial charge in [-0.3, -0.25) is 9.59 Å². The molecule has 0 spiro atoms. The number of amides is 2. The van der Waals surface area contributed by atoms with Crippen LogP contribution in [0.15, 0.2) is 0 Å². The van der Waals surface area contributed by atoms with Gasteiger partial charge in [-0.05, 0) is 12.8 Å². The second-order valence-electron chi connectivity index (χ2n) is 6.35. The molecule has 2 unspecified atom stereocenters. The van der Waals surface area contributed by atoms with E-state index in [0.717, 1.165) is 12.8 Å². The highest BCUT2D eigenvalue weighted by molar-refractivity contribution is 5.89. The third-order valence-corrected chi connectivity index (χ3v) is 4.93. The molecule has 2 saturated heterocycles. The number of rotatable bonds is 3. The molecule has 6 nitrogen and oxygen atoms in total. The first-order chi connectivity index (χ1) is 10.2. The summed E-state index contributed by atoms with van der Waals surface area (Å²) >= 11 is 0. The van der Waals surface area contributed by atoms with Crippen LogP contribution < -0.4 is 0 Å². The Kier molecular flexibility index (Phi) is 4.45. The van der Waals surface area contributed by atoms with E-state index >= 15 is 0 Å². The van der Waals surface area contributed by atoms with Gasteiger partial charge < -0.3 is 19.6 Å². The van der Waals surface area contributed by atoms with E-state index in [9.17, 15) is 9.59 Å². The minimum absolute atomic E-state index is 0.0468. The predicted molar refractivity (Wildman–Crippen MR) is 75.5 cm³/mol. The van der Waals surface area contributed by atoms with Crippen molar-refractivity contribution in [1.29, 1.82) is 0 Å². The standard InChI is InChI=1S/C15H24N2O4/c18-10-13-9-16(5-6-21-13)15(20)11-7-14(19)17(8-11)12-3-1-2-4-12/h11-13,18H,1-10H2. The third-order valence-electron chi connectivity index (χ3n) is 4.93. The van der Waals surface area contributed by atoms with Gasteiger partial charge in [-0.1, -0.05) is 12.8 Å². The number of nitrogens with zero attached hydrogens (tertiary/aromatic N) is 2. The molecule has 0 aromatic carbocycles. The molecule has 21 heavy (non-hydrogen) atoms. The summed E-state index contributed by atoms with van der Waals surface area (Å²) in [6.07, 6.45) is 4.60. The fourth-order valence-corrected chi connectivity index (χ4v) is 3.75. The molecule has 3 rings (SSSR count). The van der Waals surface area contributed by atoms with E-state index in [4.69, 9.17) is 9.84 Å². The number of carbonyl (C=O) groups is 2. The van der Waals surface area contributed by atoms with Gasteiger partial charge in [0, 0.05) is 32.1 Å². The summed E-state index contributed by atoms with van der Waals surface area (Å²) in [6, 6.07) is 0.352. The summed E-state index contributed by atoms with van der Waals surface area (Å²) < 4.78 is 5.37. The summed E-state index contributed by atoms with van der Waals surface area (Å²) in [5, 5.41) is 9.16. The Hall–Kier alpha value is -1.14. The zero-order valence-corrected chi connectivity index (χ0v) is 12.4. The number of ether oxygens (including phenoxy) is 1. The first-order valence-electron chi connectivity index (χ1n) is 7.99. The van der Waals surface area contributed by atoms with Crippen molar-refractivity contribution in [2.75, 3.05) is 32.8 Å². The highest BCUT2D eigenvalue weighted by Crippen LogP contribution is 2.30. The van der Waals surface area contributed by atoms with Crippen LogP contribution in [-0.4, -0.2) is 71.7 Å². The number of likely N-dealkylation sites (tertiary alicyclic amines) is 1. The van der Waals surface area contributed by atoms with E-state index in [1.54, 1.807) is 4.90 Å². The molecule has 0 radical (unpaired) electrons. The molecular weight excluding hydrogens is 272 g/mol. The van der Waals surface area contributed by atoms with Crippen molar-refractivity contribution in [3.63, 3.8) is 0 Å². The van der Waals surface area contributed by atoms with E-state index < -0.39 is 0 Å². The van der Waals surface area contributed by atoms with Crippen LogP contribution in [-0.2, 0) is 14.3 Å². The number of morpholine rings is 1. The quantitative estimate of drug-likeness (QED) is 0.796. The Morgan fingerprint density at radius 1 is 1.29 bits per heavy atom. The zero-order chi connectivity index (χ0) is 14.8. The Morgan fingerprint density at radius 3 is 2.76 bits per heavy atom. The maximum Gasteiger partial charge on any atom is 0.228 e. The van der Waals surface area contributed by atoms with Gasteiger partial charge in [0.25, 0.3) is 0 Å². The van der Waals surface area contributed by atoms with Gasteiger partial charge in [-0.2, -0.15) is 0 Å². The summed E-state index contributed by atoms with van der Waals surface area (Å²) in [4.78, 5) is 28.4. The largest absolute Gasteiger partial charge is 0.394 e. The number of carbonyl (C=O) groups excluding carboxylic acids is 2. The highest BCUT2D eigenvalue weighted by Gasteiger charge is 2.40. The Labute approximate surface area is 125 Å². The van der Waals surface area contributed by atoms with Crippen LogP contribution in [0.4, 0.5) is 0 Å². The van der Waals surface area contributed by atoms with Gasteiger partial charge >= 0.3 is 0 Å². The van der Waals surface area contributed by atoms with Crippen molar-refractivity contribution < 1.29 is 19.4 Å². The molecule has 1 saturated carbocycles. The summed E-state index contributed by atoms with van der Waals surface area (Å²) in [5.74, 6) is -0.0339. The molecule has 1 aliphatic carbocycles. The summed E-state index contributed by atoms with van der Waals surface area (Å²) in [7, 11) is 0. The number of hydrogen-bond acceptors (Lipinski definition) is 4. The fourth-order valence-electron chi connectivity index (χ4n) is 3.75. The number of aliphatic hydroxyl groups excluding tert-OH is 1. The van der Waals surface area contributed by atoms with Crippen LogP contribution in [0.1, 0.15) is 32.1 Å². The monoisotopic (exact) mass is 296 g/mol. The second kappa shape index (κ2) is 6.32. The van der Waals surface area contributed by atoms with Crippen LogP contribution in [0, 0.1) is 5.92 Å². The van der Waals surface area contributed by atoms with E-state index in [1.165, 1.54) is 12.8 Å². The highest BCUT2D eigenvalue weighted by atomic mass is 16.5. The van der Waals surface area contributed by atoms with Gasteiger partial charge in [0.05, 0.1) is 25.2 Å². The maximum absolute atomic E-state index is 12.6. The predicted octanol–water partition coefficient (Wildman–Crippen LogP) is -0.00280. The van der Waals surface area contributed by atoms with Gasteiger partial charge in [0.2, 0.25) is 11.8 Å². The van der Waals surface area contributed by atoms with Gasteiger partial charge in [-0.15, -0.1) is 0 Å². The average molecular weight is 296 g/mol. The molecule has 2 heterocycles. The molecule has 0 aromatic heterocycles. The number of hydrogen-bond donors (Lipinski definition) is 1. The molecule has 2 atom stereocenters. The van der Waals surface area contributed by atoms with Gasteiger partial charge in [0.1, 0.15) is 0 Å². The topological polar surface area (TPSA) is 70.1 Å². The van der Waals surface area contributed by atoms with Crippen molar-refractivity contribution >= 4 is 11.8 Å². The van der Waals surface area contributed by atoms with Crippen LogP contribution in [0.5, 0.6) is 0 Å². The molecule has 2 aliphatic heterocycles. The molecule has 2 amide bonds. The van der Waals surface area contributed by atoms with Crippen molar-refractivity contribution in [3.05, 3.63) is 0 Å². The fraction of sp³-hybridized carbons (Fsp3) is 0.867. The zero-order valence-electron chi connectivity index (χ0n) is 12.4. The third kappa shape index (κ3) is 3.06. The van der Waals surface area contributed by atoms with E-state index in [-0.39, 0.29) is 30.4 Å². The summed E-state index contributed by atoms with van der Waals surface area (Å²) in [6.45, 7) is 1.96. The Morgan fingerprint density at radius 2 is 2.05 bits per heavy atom. The molecule has 118 valence electrons. The van der Waals surface area contributed by atoms with Crippen molar-refractivity contribution in [2.45, 2.75) is 44.2 Å². The first kappa shape index (κ1) is 14.8. The molecule has 1 N–H and O–H groups in total. The van der Waals surface area contributed by atoms with Crippen LogP contribution in [0.25, 0.3) is 0 Å². The lowest BCUT2D eigenvalue weighted by atomic mass is 10.1. The molecular formula is C15H24N2O4. The van der Waals surface area contributed by atoms with Crippen LogP contribution in [0.3, 0.4) is 0 Å². The van der Waals surface area contributed by atoms with Gasteiger partial charge in [-0.25, -0.2) is 0 Å². The lowest BCUT2D eigenvalue weighted by molar-refractivity contribution is -0.144. The smallest absolute Gasteiger partial charge is 0.228 e. The molecule has 3 fully saturated rings. The second-order valence-corrected chi connectivity index (χ2v) is 6.35. The number of aliphatic hydroxyl groups is 1. The van der Waals surface area contributed by atoms with Crippen molar-refractivity contribution in [2.24, 2.45) is 5.92 Å². The average Bonchev–Trinajstić information content (AvgIpc) is 3.15.